The minimum absolute atomic E-state index is 0.169. The van der Waals surface area contributed by atoms with Crippen LogP contribution in [-0.2, 0) is 37.5 Å². The van der Waals surface area contributed by atoms with E-state index in [1.54, 1.807) is 0 Å². The van der Waals surface area contributed by atoms with Crippen molar-refractivity contribution in [2.75, 3.05) is 19.8 Å². The van der Waals surface area contributed by atoms with Gasteiger partial charge in [-0.1, -0.05) is 200 Å². The molecule has 0 saturated heterocycles. The van der Waals surface area contributed by atoms with Crippen molar-refractivity contribution in [3.05, 3.63) is 0 Å². The molecular formula is C43H84NO10P. The Bertz CT molecular complexity index is 952. The number of esters is 2. The van der Waals surface area contributed by atoms with Gasteiger partial charge in [0, 0.05) is 12.8 Å². The summed E-state index contributed by atoms with van der Waals surface area (Å²) in [5, 5.41) is 8.89. The minimum atomic E-state index is -4.71. The van der Waals surface area contributed by atoms with E-state index in [1.807, 2.05) is 0 Å². The fourth-order valence-corrected chi connectivity index (χ4v) is 7.32. The summed E-state index contributed by atoms with van der Waals surface area (Å²) in [6.45, 7) is 2.84. The maximum atomic E-state index is 12.6. The van der Waals surface area contributed by atoms with Crippen LogP contribution in [0.1, 0.15) is 226 Å². The Morgan fingerprint density at radius 1 is 0.491 bits per heavy atom. The molecule has 0 aromatic heterocycles. The quantitative estimate of drug-likeness (QED) is 0.0304. The molecule has 0 heterocycles. The van der Waals surface area contributed by atoms with E-state index >= 15 is 0 Å². The highest BCUT2D eigenvalue weighted by Crippen LogP contribution is 2.43. The third-order valence-corrected chi connectivity index (χ3v) is 11.1. The lowest BCUT2D eigenvalue weighted by Crippen LogP contribution is -2.34. The number of phosphoric acid groups is 1. The van der Waals surface area contributed by atoms with Crippen LogP contribution in [0.15, 0.2) is 0 Å². The van der Waals surface area contributed by atoms with Crippen LogP contribution in [0.2, 0.25) is 0 Å². The van der Waals surface area contributed by atoms with Crippen LogP contribution in [0.5, 0.6) is 0 Å². The molecule has 1 unspecified atom stereocenters. The van der Waals surface area contributed by atoms with Gasteiger partial charge in [0.2, 0.25) is 0 Å². The largest absolute Gasteiger partial charge is 0.480 e. The van der Waals surface area contributed by atoms with Crippen LogP contribution in [0.4, 0.5) is 0 Å². The summed E-state index contributed by atoms with van der Waals surface area (Å²) in [4.78, 5) is 46.0. The molecule has 0 aromatic rings. The lowest BCUT2D eigenvalue weighted by atomic mass is 10.0. The fourth-order valence-electron chi connectivity index (χ4n) is 6.54. The van der Waals surface area contributed by atoms with E-state index in [9.17, 15) is 23.8 Å². The molecule has 0 bridgehead atoms. The zero-order chi connectivity index (χ0) is 40.7. The van der Waals surface area contributed by atoms with Crippen LogP contribution >= 0.6 is 7.82 Å². The maximum absolute atomic E-state index is 12.6. The van der Waals surface area contributed by atoms with Gasteiger partial charge in [-0.25, -0.2) is 4.57 Å². The third-order valence-electron chi connectivity index (χ3n) is 10.1. The van der Waals surface area contributed by atoms with Gasteiger partial charge in [0.1, 0.15) is 12.6 Å². The number of nitrogens with two attached hydrogens (primary N) is 1. The molecule has 0 amide bonds. The first-order chi connectivity index (χ1) is 26.6. The summed E-state index contributed by atoms with van der Waals surface area (Å²) in [5.74, 6) is -2.36. The summed E-state index contributed by atoms with van der Waals surface area (Å²) in [5.41, 5.74) is 5.34. The number of hydrogen-bond acceptors (Lipinski definition) is 9. The van der Waals surface area contributed by atoms with Crippen LogP contribution in [0, 0.1) is 0 Å². The number of phosphoric ester groups is 1. The summed E-state index contributed by atoms with van der Waals surface area (Å²) in [6.07, 6.45) is 37.3. The average Bonchev–Trinajstić information content (AvgIpc) is 3.16. The van der Waals surface area contributed by atoms with E-state index in [1.165, 1.54) is 148 Å². The number of ether oxygens (including phenoxy) is 2. The molecule has 0 saturated carbocycles. The highest BCUT2D eigenvalue weighted by molar-refractivity contribution is 7.47. The average molecular weight is 806 g/mol. The highest BCUT2D eigenvalue weighted by atomic mass is 31.2. The van der Waals surface area contributed by atoms with Crippen molar-refractivity contribution in [2.45, 2.75) is 238 Å². The molecule has 12 heteroatoms. The van der Waals surface area contributed by atoms with E-state index in [0.717, 1.165) is 38.5 Å². The van der Waals surface area contributed by atoms with Gasteiger partial charge in [-0.3, -0.25) is 23.4 Å². The molecule has 0 aromatic carbocycles. The van der Waals surface area contributed by atoms with E-state index < -0.39 is 51.1 Å². The van der Waals surface area contributed by atoms with E-state index in [0.29, 0.717) is 12.8 Å². The summed E-state index contributed by atoms with van der Waals surface area (Å²) >= 11 is 0. The minimum Gasteiger partial charge on any atom is -0.480 e. The van der Waals surface area contributed by atoms with Crippen molar-refractivity contribution in [1.29, 1.82) is 0 Å². The van der Waals surface area contributed by atoms with Crippen LogP contribution in [-0.4, -0.2) is 59.9 Å². The molecule has 0 rings (SSSR count). The van der Waals surface area contributed by atoms with Crippen LogP contribution < -0.4 is 5.73 Å². The normalized spacial score (nSPS) is 13.7. The zero-order valence-corrected chi connectivity index (χ0v) is 36.2. The zero-order valence-electron chi connectivity index (χ0n) is 35.3. The lowest BCUT2D eigenvalue weighted by molar-refractivity contribution is -0.161. The standard InChI is InChI=1S/C43H84NO10P/c1-3-5-7-9-11-13-15-17-19-20-21-23-25-27-29-31-33-35-42(46)54-39(37-52-55(49,50)53-38-40(44)43(47)48)36-51-41(45)34-32-30-28-26-24-22-18-16-14-12-10-8-6-4-2/h39-40H,3-38,44H2,1-2H3,(H,47,48)(H,49,50)/t39-,40+/m1/s1. The Kier molecular flexibility index (Phi) is 38.2. The Morgan fingerprint density at radius 2 is 0.800 bits per heavy atom. The van der Waals surface area contributed by atoms with Crippen molar-refractivity contribution in [3.63, 3.8) is 0 Å². The van der Waals surface area contributed by atoms with Gasteiger partial charge in [-0.2, -0.15) is 0 Å². The summed E-state index contributed by atoms with van der Waals surface area (Å²) in [7, 11) is -4.71. The van der Waals surface area contributed by atoms with Crippen molar-refractivity contribution in [2.24, 2.45) is 5.73 Å². The second-order valence-electron chi connectivity index (χ2n) is 15.6. The molecule has 326 valence electrons. The molecule has 55 heavy (non-hydrogen) atoms. The van der Waals surface area contributed by atoms with Gasteiger partial charge in [0.15, 0.2) is 6.10 Å². The molecule has 3 atom stereocenters. The first kappa shape index (κ1) is 53.5. The SMILES string of the molecule is CCCCCCCCCCCCCCCCCCCC(=O)O[C@H](COC(=O)CCCCCCCCCCCCCCCC)COP(=O)(O)OC[C@H](N)C(=O)O. The second kappa shape index (κ2) is 39.3. The third kappa shape index (κ3) is 39.1. The van der Waals surface area contributed by atoms with Gasteiger partial charge >= 0.3 is 25.7 Å². The maximum Gasteiger partial charge on any atom is 0.472 e. The van der Waals surface area contributed by atoms with E-state index in [-0.39, 0.29) is 19.4 Å². The number of carboxylic acid groups (broad SMARTS) is 1. The first-order valence-corrected chi connectivity index (χ1v) is 24.1. The Morgan fingerprint density at radius 3 is 1.15 bits per heavy atom. The monoisotopic (exact) mass is 806 g/mol. The van der Waals surface area contributed by atoms with Gasteiger partial charge < -0.3 is 25.2 Å². The number of aliphatic carboxylic acids is 1. The van der Waals surface area contributed by atoms with Crippen molar-refractivity contribution >= 4 is 25.7 Å². The van der Waals surface area contributed by atoms with Crippen molar-refractivity contribution in [3.8, 4) is 0 Å². The predicted molar refractivity (Wildman–Crippen MR) is 222 cm³/mol. The highest BCUT2D eigenvalue weighted by Gasteiger charge is 2.28. The summed E-state index contributed by atoms with van der Waals surface area (Å²) < 4.78 is 32.7. The molecule has 0 radical (unpaired) electrons. The van der Waals surface area contributed by atoms with Gasteiger partial charge in [-0.15, -0.1) is 0 Å². The van der Waals surface area contributed by atoms with E-state index in [2.05, 4.69) is 18.4 Å². The van der Waals surface area contributed by atoms with Gasteiger partial charge in [-0.05, 0) is 12.8 Å². The Balaban J connectivity index is 4.29. The van der Waals surface area contributed by atoms with Crippen LogP contribution in [0.3, 0.4) is 0 Å². The Hall–Kier alpha value is -1.52. The smallest absolute Gasteiger partial charge is 0.472 e. The number of carboxylic acids is 1. The van der Waals surface area contributed by atoms with E-state index in [4.69, 9.17) is 24.8 Å². The van der Waals surface area contributed by atoms with Crippen molar-refractivity contribution in [1.82, 2.24) is 0 Å². The number of rotatable bonds is 43. The molecule has 11 nitrogen and oxygen atoms in total. The lowest BCUT2D eigenvalue weighted by Gasteiger charge is -2.20. The summed E-state index contributed by atoms with van der Waals surface area (Å²) in [6, 6.07) is -1.52. The molecule has 0 fully saturated rings. The second-order valence-corrected chi connectivity index (χ2v) is 17.0. The first-order valence-electron chi connectivity index (χ1n) is 22.6. The molecule has 4 N–H and O–H groups in total. The number of carbonyl (C=O) groups excluding carboxylic acids is 2. The fraction of sp³-hybridized carbons (Fsp3) is 0.930. The number of unbranched alkanes of at least 4 members (excludes halogenated alkanes) is 29. The number of carbonyl (C=O) groups is 3. The molecule has 0 aliphatic heterocycles. The van der Waals surface area contributed by atoms with Gasteiger partial charge in [0.25, 0.3) is 0 Å². The Labute approximate surface area is 335 Å². The predicted octanol–water partition coefficient (Wildman–Crippen LogP) is 11.9. The molecule has 0 spiro atoms. The van der Waals surface area contributed by atoms with Gasteiger partial charge in [0.05, 0.1) is 13.2 Å². The van der Waals surface area contributed by atoms with Crippen molar-refractivity contribution < 1.29 is 47.5 Å². The topological polar surface area (TPSA) is 172 Å². The molecule has 0 aliphatic rings. The molecular weight excluding hydrogens is 721 g/mol. The molecule has 0 aliphatic carbocycles. The number of hydrogen-bond donors (Lipinski definition) is 3. The van der Waals surface area contributed by atoms with Crippen LogP contribution in [0.25, 0.3) is 0 Å².